The van der Waals surface area contributed by atoms with Gasteiger partial charge in [-0.15, -0.1) is 0 Å². The maximum atomic E-state index is 10.9. The van der Waals surface area contributed by atoms with E-state index < -0.39 is 12.0 Å². The van der Waals surface area contributed by atoms with Gasteiger partial charge in [0.05, 0.1) is 12.7 Å². The van der Waals surface area contributed by atoms with E-state index in [1.807, 2.05) is 0 Å². The Morgan fingerprint density at radius 3 is 2.35 bits per heavy atom. The Balaban J connectivity index is 2.82. The summed E-state index contributed by atoms with van der Waals surface area (Å²) >= 11 is 0. The zero-order chi connectivity index (χ0) is 13.0. The lowest BCUT2D eigenvalue weighted by atomic mass is 10.0. The van der Waals surface area contributed by atoms with Gasteiger partial charge in [-0.2, -0.15) is 0 Å². The Bertz CT molecular complexity index is 395. The highest BCUT2D eigenvalue weighted by molar-refractivity contribution is 5.69. The Labute approximate surface area is 98.3 Å². The van der Waals surface area contributed by atoms with E-state index in [1.165, 1.54) is 7.11 Å². The number of ether oxygens (including phenoxy) is 1. The van der Waals surface area contributed by atoms with Gasteiger partial charge >= 0.3 is 5.97 Å². The molecule has 6 heteroatoms. The fourth-order valence-electron chi connectivity index (χ4n) is 1.51. The second-order valence-electron chi connectivity index (χ2n) is 3.62. The summed E-state index contributed by atoms with van der Waals surface area (Å²) in [6.07, 6.45) is 0.302. The van der Waals surface area contributed by atoms with Crippen LogP contribution < -0.4 is 5.73 Å². The molecule has 1 atom stereocenters. The minimum atomic E-state index is -0.713. The lowest BCUT2D eigenvalue weighted by Gasteiger charge is -2.14. The lowest BCUT2D eigenvalue weighted by molar-refractivity contribution is -0.140. The van der Waals surface area contributed by atoms with E-state index in [1.54, 1.807) is 0 Å². The van der Waals surface area contributed by atoms with Crippen molar-refractivity contribution in [2.75, 3.05) is 7.11 Å². The van der Waals surface area contributed by atoms with Crippen molar-refractivity contribution in [2.24, 2.45) is 5.73 Å². The number of aromatic hydroxyl groups is 3. The summed E-state index contributed by atoms with van der Waals surface area (Å²) in [5.41, 5.74) is 5.84. The van der Waals surface area contributed by atoms with Crippen LogP contribution in [0.1, 0.15) is 24.4 Å². The van der Waals surface area contributed by atoms with E-state index in [9.17, 15) is 15.0 Å². The largest absolute Gasteiger partial charge is 0.508 e. The van der Waals surface area contributed by atoms with Gasteiger partial charge in [-0.3, -0.25) is 4.79 Å². The molecule has 0 aromatic heterocycles. The number of methoxy groups -OCH3 is 1. The molecule has 5 N–H and O–H groups in total. The molecule has 0 saturated heterocycles. The van der Waals surface area contributed by atoms with Crippen LogP contribution in [0.3, 0.4) is 0 Å². The van der Waals surface area contributed by atoms with Crippen LogP contribution in [0.4, 0.5) is 0 Å². The SMILES string of the molecule is COC(=O)CCC(N)c1c(O)cc(O)cc1O. The molecular weight excluding hydrogens is 226 g/mol. The standard InChI is InChI=1S/C11H15NO5/c1-17-10(16)3-2-7(12)11-8(14)4-6(13)5-9(11)15/h4-5,7,13-15H,2-3,12H2,1H3. The molecule has 6 nitrogen and oxygen atoms in total. The molecule has 94 valence electrons. The van der Waals surface area contributed by atoms with Gasteiger partial charge in [-0.05, 0) is 6.42 Å². The first-order chi connectivity index (χ1) is 7.95. The van der Waals surface area contributed by atoms with Gasteiger partial charge in [0.15, 0.2) is 0 Å². The number of phenols is 3. The van der Waals surface area contributed by atoms with Crippen LogP contribution in [0.25, 0.3) is 0 Å². The first-order valence-corrected chi connectivity index (χ1v) is 5.03. The summed E-state index contributed by atoms with van der Waals surface area (Å²) in [4.78, 5) is 10.9. The normalized spacial score (nSPS) is 12.1. The van der Waals surface area contributed by atoms with E-state index >= 15 is 0 Å². The third-order valence-electron chi connectivity index (χ3n) is 2.38. The lowest BCUT2D eigenvalue weighted by Crippen LogP contribution is -2.13. The maximum Gasteiger partial charge on any atom is 0.305 e. The van der Waals surface area contributed by atoms with E-state index in [0.29, 0.717) is 0 Å². The Kier molecular flexibility index (Phi) is 4.17. The monoisotopic (exact) mass is 241 g/mol. The van der Waals surface area contributed by atoms with Gasteiger partial charge in [0.2, 0.25) is 0 Å². The Morgan fingerprint density at radius 1 is 1.35 bits per heavy atom. The highest BCUT2D eigenvalue weighted by Crippen LogP contribution is 2.36. The summed E-state index contributed by atoms with van der Waals surface area (Å²) < 4.78 is 4.46. The summed E-state index contributed by atoms with van der Waals surface area (Å²) in [7, 11) is 1.27. The molecule has 1 unspecified atom stereocenters. The van der Waals surface area contributed by atoms with Crippen LogP contribution in [-0.2, 0) is 9.53 Å². The molecule has 0 aliphatic rings. The molecule has 0 amide bonds. The fourth-order valence-corrected chi connectivity index (χ4v) is 1.51. The fraction of sp³-hybridized carbons (Fsp3) is 0.364. The van der Waals surface area contributed by atoms with Gasteiger partial charge in [0, 0.05) is 24.6 Å². The van der Waals surface area contributed by atoms with Crippen LogP contribution in [0.5, 0.6) is 17.2 Å². The first-order valence-electron chi connectivity index (χ1n) is 5.03. The smallest absolute Gasteiger partial charge is 0.305 e. The van der Waals surface area contributed by atoms with Crippen molar-refractivity contribution in [1.82, 2.24) is 0 Å². The molecule has 1 rings (SSSR count). The predicted molar refractivity (Wildman–Crippen MR) is 59.6 cm³/mol. The van der Waals surface area contributed by atoms with Crippen LogP contribution in [0.2, 0.25) is 0 Å². The average molecular weight is 241 g/mol. The number of phenolic OH excluding ortho intramolecular Hbond substituents is 3. The van der Waals surface area contributed by atoms with Crippen molar-refractivity contribution in [1.29, 1.82) is 0 Å². The van der Waals surface area contributed by atoms with Crippen molar-refractivity contribution in [2.45, 2.75) is 18.9 Å². The number of hydrogen-bond acceptors (Lipinski definition) is 6. The van der Waals surface area contributed by atoms with E-state index in [2.05, 4.69) is 4.74 Å². The molecule has 0 aliphatic carbocycles. The number of rotatable bonds is 4. The zero-order valence-corrected chi connectivity index (χ0v) is 9.38. The van der Waals surface area contributed by atoms with E-state index in [0.717, 1.165) is 12.1 Å². The highest BCUT2D eigenvalue weighted by atomic mass is 16.5. The quantitative estimate of drug-likeness (QED) is 0.579. The first kappa shape index (κ1) is 13.1. The average Bonchev–Trinajstić information content (AvgIpc) is 2.24. The number of esters is 1. The second-order valence-corrected chi connectivity index (χ2v) is 3.62. The van der Waals surface area contributed by atoms with Gasteiger partial charge in [0.25, 0.3) is 0 Å². The van der Waals surface area contributed by atoms with Crippen molar-refractivity contribution >= 4 is 5.97 Å². The van der Waals surface area contributed by atoms with Crippen molar-refractivity contribution in [3.05, 3.63) is 17.7 Å². The molecule has 1 aromatic carbocycles. The second kappa shape index (κ2) is 5.40. The summed E-state index contributed by atoms with van der Waals surface area (Å²) in [6.45, 7) is 0. The topological polar surface area (TPSA) is 113 Å². The third kappa shape index (κ3) is 3.25. The molecule has 0 heterocycles. The van der Waals surface area contributed by atoms with Crippen LogP contribution in [-0.4, -0.2) is 28.4 Å². The van der Waals surface area contributed by atoms with Crippen LogP contribution in [0, 0.1) is 0 Å². The summed E-state index contributed by atoms with van der Waals surface area (Å²) in [6, 6.07) is 1.44. The Morgan fingerprint density at radius 2 is 1.88 bits per heavy atom. The molecule has 0 spiro atoms. The van der Waals surface area contributed by atoms with Crippen molar-refractivity contribution in [3.8, 4) is 17.2 Å². The zero-order valence-electron chi connectivity index (χ0n) is 9.38. The van der Waals surface area contributed by atoms with Crippen molar-refractivity contribution in [3.63, 3.8) is 0 Å². The molecular formula is C11H15NO5. The van der Waals surface area contributed by atoms with E-state index in [4.69, 9.17) is 10.8 Å². The summed E-state index contributed by atoms with van der Waals surface area (Å²) in [5.74, 6) is -1.29. The van der Waals surface area contributed by atoms with Crippen LogP contribution >= 0.6 is 0 Å². The molecule has 0 bridgehead atoms. The number of hydrogen-bond donors (Lipinski definition) is 4. The van der Waals surface area contributed by atoms with Crippen molar-refractivity contribution < 1.29 is 24.9 Å². The number of carbonyl (C=O) groups excluding carboxylic acids is 1. The van der Waals surface area contributed by atoms with Gasteiger partial charge in [0.1, 0.15) is 17.2 Å². The minimum absolute atomic E-state index is 0.0808. The van der Waals surface area contributed by atoms with Gasteiger partial charge in [-0.25, -0.2) is 0 Å². The minimum Gasteiger partial charge on any atom is -0.508 e. The molecule has 0 fully saturated rings. The molecule has 0 aliphatic heterocycles. The summed E-state index contributed by atoms with van der Waals surface area (Å²) in [5, 5.41) is 28.2. The maximum absolute atomic E-state index is 10.9. The molecule has 1 aromatic rings. The molecule has 17 heavy (non-hydrogen) atoms. The number of nitrogens with two attached hydrogens (primary N) is 1. The Hall–Kier alpha value is -1.95. The van der Waals surface area contributed by atoms with Gasteiger partial charge in [-0.1, -0.05) is 0 Å². The van der Waals surface area contributed by atoms with Crippen LogP contribution in [0.15, 0.2) is 12.1 Å². The molecule has 0 radical (unpaired) electrons. The molecule has 0 saturated carbocycles. The predicted octanol–water partition coefficient (Wildman–Crippen LogP) is 0.756. The number of carbonyl (C=O) groups is 1. The number of benzene rings is 1. The highest BCUT2D eigenvalue weighted by Gasteiger charge is 2.18. The third-order valence-corrected chi connectivity index (χ3v) is 2.38. The van der Waals surface area contributed by atoms with Gasteiger partial charge < -0.3 is 25.8 Å². The van der Waals surface area contributed by atoms with E-state index in [-0.39, 0.29) is 35.7 Å².